The van der Waals surface area contributed by atoms with Crippen LogP contribution in [0.5, 0.6) is 11.6 Å². The Labute approximate surface area is 156 Å². The van der Waals surface area contributed by atoms with Crippen LogP contribution in [-0.2, 0) is 7.05 Å². The minimum Gasteiger partial charge on any atom is -0.484 e. The van der Waals surface area contributed by atoms with Gasteiger partial charge in [0.05, 0.1) is 29.9 Å². The van der Waals surface area contributed by atoms with Crippen molar-refractivity contribution in [1.82, 2.24) is 14.5 Å². The van der Waals surface area contributed by atoms with E-state index in [1.807, 2.05) is 27.8 Å². The van der Waals surface area contributed by atoms with Gasteiger partial charge in [0.2, 0.25) is 11.5 Å². The number of ketones is 1. The topological polar surface area (TPSA) is 66.2 Å². The van der Waals surface area contributed by atoms with Crippen molar-refractivity contribution in [3.63, 3.8) is 0 Å². The molecule has 0 saturated carbocycles. The summed E-state index contributed by atoms with van der Waals surface area (Å²) >= 11 is 6.55. The van der Waals surface area contributed by atoms with Crippen LogP contribution in [-0.4, -0.2) is 33.5 Å². The molecular formula is C19H20ClN3O3. The molecule has 0 spiro atoms. The average Bonchev–Trinajstić information content (AvgIpc) is 2.95. The molecule has 0 aliphatic rings. The number of fused-ring (bicyclic) bond motifs is 1. The summed E-state index contributed by atoms with van der Waals surface area (Å²) in [5.74, 6) is 1.33. The van der Waals surface area contributed by atoms with Crippen LogP contribution in [0.2, 0.25) is 5.02 Å². The average molecular weight is 374 g/mol. The molecule has 2 heterocycles. The molecule has 0 atom stereocenters. The zero-order chi connectivity index (χ0) is 19.0. The number of pyridine rings is 1. The molecule has 0 unspecified atom stereocenters. The Morgan fingerprint density at radius 2 is 2.04 bits per heavy atom. The number of ether oxygens (including phenoxy) is 2. The molecule has 0 fully saturated rings. The van der Waals surface area contributed by atoms with Crippen molar-refractivity contribution < 1.29 is 14.3 Å². The number of hydrogen-bond donors (Lipinski definition) is 0. The van der Waals surface area contributed by atoms with Gasteiger partial charge in [0, 0.05) is 18.0 Å². The number of halogens is 1. The number of rotatable bonds is 5. The molecule has 0 N–H and O–H groups in total. The lowest BCUT2D eigenvalue weighted by molar-refractivity contribution is 0.103. The fraction of sp³-hybridized carbons (Fsp3) is 0.316. The van der Waals surface area contributed by atoms with Crippen molar-refractivity contribution in [1.29, 1.82) is 0 Å². The molecule has 0 aliphatic carbocycles. The molecule has 0 amide bonds. The van der Waals surface area contributed by atoms with E-state index in [-0.39, 0.29) is 11.9 Å². The maximum atomic E-state index is 12.8. The van der Waals surface area contributed by atoms with Crippen molar-refractivity contribution in [2.24, 2.45) is 7.05 Å². The maximum absolute atomic E-state index is 12.8. The number of carbonyl (C=O) groups excluding carboxylic acids is 1. The molecule has 6 nitrogen and oxygen atoms in total. The van der Waals surface area contributed by atoms with Crippen molar-refractivity contribution >= 4 is 28.3 Å². The molecule has 7 heteroatoms. The van der Waals surface area contributed by atoms with Gasteiger partial charge >= 0.3 is 0 Å². The first kappa shape index (κ1) is 18.2. The summed E-state index contributed by atoms with van der Waals surface area (Å²) in [6.45, 7) is 5.63. The highest BCUT2D eigenvalue weighted by molar-refractivity contribution is 6.37. The number of methoxy groups -OCH3 is 1. The van der Waals surface area contributed by atoms with Crippen molar-refractivity contribution in [3.05, 3.63) is 46.5 Å². The molecule has 1 aromatic carbocycles. The molecule has 3 aromatic rings. The van der Waals surface area contributed by atoms with E-state index in [2.05, 4.69) is 9.97 Å². The second-order valence-corrected chi connectivity index (χ2v) is 6.62. The lowest BCUT2D eigenvalue weighted by atomic mass is 10.1. The van der Waals surface area contributed by atoms with Gasteiger partial charge in [0.15, 0.2) is 0 Å². The maximum Gasteiger partial charge on any atom is 0.258 e. The number of benzene rings is 1. The highest BCUT2D eigenvalue weighted by atomic mass is 35.5. The van der Waals surface area contributed by atoms with Gasteiger partial charge in [0.25, 0.3) is 5.88 Å². The van der Waals surface area contributed by atoms with Crippen molar-refractivity contribution in [3.8, 4) is 11.6 Å². The highest BCUT2D eigenvalue weighted by Crippen LogP contribution is 2.39. The first-order valence-corrected chi connectivity index (χ1v) is 8.58. The van der Waals surface area contributed by atoms with E-state index in [4.69, 9.17) is 21.1 Å². The second-order valence-electron chi connectivity index (χ2n) is 6.24. The number of carbonyl (C=O) groups is 1. The first-order chi connectivity index (χ1) is 12.3. The van der Waals surface area contributed by atoms with Gasteiger partial charge in [0.1, 0.15) is 11.5 Å². The molecule has 0 saturated heterocycles. The third-order valence-electron chi connectivity index (χ3n) is 4.11. The third-order valence-corrected chi connectivity index (χ3v) is 4.49. The van der Waals surface area contributed by atoms with E-state index in [0.717, 1.165) is 5.82 Å². The van der Waals surface area contributed by atoms with Gasteiger partial charge in [-0.1, -0.05) is 11.6 Å². The zero-order valence-corrected chi connectivity index (χ0v) is 16.1. The van der Waals surface area contributed by atoms with Crippen LogP contribution in [0.25, 0.3) is 10.9 Å². The summed E-state index contributed by atoms with van der Waals surface area (Å²) in [5, 5.41) is 1.00. The molecular weight excluding hydrogens is 354 g/mol. The lowest BCUT2D eigenvalue weighted by Gasteiger charge is -2.16. The second kappa shape index (κ2) is 6.96. The van der Waals surface area contributed by atoms with Gasteiger partial charge in [-0.15, -0.1) is 0 Å². The Morgan fingerprint density at radius 1 is 1.31 bits per heavy atom. The summed E-state index contributed by atoms with van der Waals surface area (Å²) in [6.07, 6.45) is 1.48. The zero-order valence-electron chi connectivity index (χ0n) is 15.3. The summed E-state index contributed by atoms with van der Waals surface area (Å²) in [6, 6.07) is 5.19. The quantitative estimate of drug-likeness (QED) is 0.633. The summed E-state index contributed by atoms with van der Waals surface area (Å²) in [7, 11) is 3.32. The lowest BCUT2D eigenvalue weighted by Crippen LogP contribution is -2.09. The molecule has 3 rings (SSSR count). The number of hydrogen-bond acceptors (Lipinski definition) is 5. The van der Waals surface area contributed by atoms with Gasteiger partial charge in [-0.05, 0) is 39.0 Å². The van der Waals surface area contributed by atoms with Crippen LogP contribution in [0.4, 0.5) is 0 Å². The monoisotopic (exact) mass is 373 g/mol. The molecule has 136 valence electrons. The van der Waals surface area contributed by atoms with Crippen LogP contribution >= 0.6 is 11.6 Å². The van der Waals surface area contributed by atoms with Crippen molar-refractivity contribution in [2.45, 2.75) is 26.9 Å². The highest BCUT2D eigenvalue weighted by Gasteiger charge is 2.20. The van der Waals surface area contributed by atoms with E-state index in [9.17, 15) is 4.79 Å². The van der Waals surface area contributed by atoms with Crippen LogP contribution in [0.15, 0.2) is 24.4 Å². The molecule has 0 aliphatic heterocycles. The number of nitrogens with zero attached hydrogens (tertiary/aromatic N) is 3. The smallest absolute Gasteiger partial charge is 0.258 e. The van der Waals surface area contributed by atoms with Crippen LogP contribution in [0, 0.1) is 6.92 Å². The van der Waals surface area contributed by atoms with Crippen LogP contribution in [0.1, 0.15) is 35.7 Å². The van der Waals surface area contributed by atoms with E-state index in [0.29, 0.717) is 38.8 Å². The van der Waals surface area contributed by atoms with Gasteiger partial charge in [-0.2, -0.15) is 0 Å². The predicted octanol–water partition coefficient (Wildman–Crippen LogP) is 3.96. The Hall–Kier alpha value is -2.60. The minimum absolute atomic E-state index is 0.0946. The SMILES string of the molecule is COc1nc2ccc(C(=O)c3cnc(C)n3C)cc2c(Cl)c1OC(C)C. The third kappa shape index (κ3) is 3.12. The normalized spacial score (nSPS) is 11.2. The Bertz CT molecular complexity index is 995. The van der Waals surface area contributed by atoms with E-state index >= 15 is 0 Å². The number of imidazole rings is 1. The summed E-state index contributed by atoms with van der Waals surface area (Å²) in [4.78, 5) is 21.5. The van der Waals surface area contributed by atoms with Gasteiger partial charge in [-0.3, -0.25) is 4.79 Å². The fourth-order valence-corrected chi connectivity index (χ4v) is 2.94. The van der Waals surface area contributed by atoms with Crippen LogP contribution < -0.4 is 9.47 Å². The number of aryl methyl sites for hydroxylation is 1. The largest absolute Gasteiger partial charge is 0.484 e. The van der Waals surface area contributed by atoms with Gasteiger partial charge in [-0.25, -0.2) is 9.97 Å². The van der Waals surface area contributed by atoms with Gasteiger partial charge < -0.3 is 14.0 Å². The number of aromatic nitrogens is 3. The Kier molecular flexibility index (Phi) is 4.87. The fourth-order valence-electron chi connectivity index (χ4n) is 2.66. The van der Waals surface area contributed by atoms with Crippen LogP contribution in [0.3, 0.4) is 0 Å². The van der Waals surface area contributed by atoms with E-state index in [1.165, 1.54) is 7.11 Å². The van der Waals surface area contributed by atoms with Crippen molar-refractivity contribution in [2.75, 3.05) is 7.11 Å². The molecule has 2 aromatic heterocycles. The van der Waals surface area contributed by atoms with E-state index < -0.39 is 0 Å². The first-order valence-electron chi connectivity index (χ1n) is 8.20. The molecule has 26 heavy (non-hydrogen) atoms. The minimum atomic E-state index is -0.131. The van der Waals surface area contributed by atoms with E-state index in [1.54, 1.807) is 29.0 Å². The Balaban J connectivity index is 2.14. The molecule has 0 bridgehead atoms. The molecule has 0 radical (unpaired) electrons. The summed E-state index contributed by atoms with van der Waals surface area (Å²) < 4.78 is 12.8. The predicted molar refractivity (Wildman–Crippen MR) is 100 cm³/mol. The standard InChI is InChI=1S/C19H20ClN3O3/c1-10(2)26-18-16(20)13-8-12(6-7-14(13)22-19(18)25-5)17(24)15-9-21-11(3)23(15)4/h6-10H,1-5H3. The summed E-state index contributed by atoms with van der Waals surface area (Å²) in [5.41, 5.74) is 1.64. The Morgan fingerprint density at radius 3 is 2.62 bits per heavy atom.